The molecule has 2 amide bonds. The zero-order chi connectivity index (χ0) is 27.6. The first-order valence-corrected chi connectivity index (χ1v) is 13.3. The molecule has 1 N–H and O–H groups in total. The summed E-state index contributed by atoms with van der Waals surface area (Å²) in [5.41, 5.74) is -0.628. The number of likely N-dealkylation sites (tertiary alicyclic amines) is 1. The number of rotatable bonds is 9. The normalized spacial score (nSPS) is 22.5. The zero-order valence-corrected chi connectivity index (χ0v) is 22.1. The van der Waals surface area contributed by atoms with Crippen molar-refractivity contribution in [2.24, 2.45) is 0 Å². The largest absolute Gasteiger partial charge is 0.507 e. The molecule has 1 atom stereocenters. The van der Waals surface area contributed by atoms with Gasteiger partial charge in [-0.15, -0.1) is 6.58 Å². The summed E-state index contributed by atoms with van der Waals surface area (Å²) in [6.07, 6.45) is 2.45. The van der Waals surface area contributed by atoms with E-state index in [-0.39, 0.29) is 18.7 Å². The molecule has 2 aromatic rings. The number of fused-ring (bicyclic) bond motifs is 2. The lowest BCUT2D eigenvalue weighted by molar-refractivity contribution is -0.144. The van der Waals surface area contributed by atoms with E-state index < -0.39 is 28.9 Å². The third kappa shape index (κ3) is 4.41. The molecule has 1 spiro atoms. The summed E-state index contributed by atoms with van der Waals surface area (Å²) >= 11 is 0. The molecule has 5 rings (SSSR count). The number of hydrogen-bond donors (Lipinski definition) is 1. The number of carbonyl (C=O) groups is 3. The summed E-state index contributed by atoms with van der Waals surface area (Å²) in [5.74, 6) is -1.93. The molecule has 0 aliphatic carbocycles. The van der Waals surface area contributed by atoms with Gasteiger partial charge in [0, 0.05) is 43.9 Å². The van der Waals surface area contributed by atoms with Crippen LogP contribution in [0.4, 0.5) is 5.69 Å². The van der Waals surface area contributed by atoms with Crippen LogP contribution >= 0.6 is 0 Å². The second-order valence-electron chi connectivity index (χ2n) is 9.77. The van der Waals surface area contributed by atoms with E-state index in [9.17, 15) is 19.5 Å². The molecule has 2 fully saturated rings. The fourth-order valence-corrected chi connectivity index (χ4v) is 5.62. The van der Waals surface area contributed by atoms with Crippen molar-refractivity contribution in [1.82, 2.24) is 9.80 Å². The van der Waals surface area contributed by atoms with Crippen LogP contribution < -0.4 is 9.64 Å². The molecule has 0 radical (unpaired) electrons. The molecule has 3 aliphatic rings. The molecule has 3 aliphatic heterocycles. The fraction of sp³-hybridized carbons (Fsp3) is 0.367. The lowest BCUT2D eigenvalue weighted by Crippen LogP contribution is -2.54. The molecule has 39 heavy (non-hydrogen) atoms. The first-order valence-electron chi connectivity index (χ1n) is 13.3. The Labute approximate surface area is 227 Å². The number of ketones is 1. The van der Waals surface area contributed by atoms with Gasteiger partial charge in [0.25, 0.3) is 17.6 Å². The van der Waals surface area contributed by atoms with Crippen LogP contribution in [0, 0.1) is 0 Å². The van der Waals surface area contributed by atoms with Gasteiger partial charge in [-0.3, -0.25) is 19.3 Å². The number of nitrogens with zero attached hydrogens (tertiary/aromatic N) is 3. The Morgan fingerprint density at radius 2 is 1.79 bits per heavy atom. The average Bonchev–Trinajstić information content (AvgIpc) is 3.34. The highest BCUT2D eigenvalue weighted by atomic mass is 16.5. The number of benzene rings is 2. The fourth-order valence-electron chi connectivity index (χ4n) is 5.62. The van der Waals surface area contributed by atoms with Gasteiger partial charge in [0.1, 0.15) is 11.5 Å². The van der Waals surface area contributed by atoms with Gasteiger partial charge in [0.2, 0.25) is 0 Å². The topological polar surface area (TPSA) is 99.6 Å². The number of anilines is 1. The van der Waals surface area contributed by atoms with Crippen LogP contribution in [0.2, 0.25) is 0 Å². The summed E-state index contributed by atoms with van der Waals surface area (Å²) in [6, 6.07) is 13.8. The number of amides is 2. The number of para-hydroxylation sites is 1. The van der Waals surface area contributed by atoms with Gasteiger partial charge in [-0.1, -0.05) is 31.2 Å². The van der Waals surface area contributed by atoms with E-state index in [4.69, 9.17) is 9.47 Å². The highest BCUT2D eigenvalue weighted by Gasteiger charge is 2.66. The number of hydrogen-bond acceptors (Lipinski definition) is 7. The Balaban J connectivity index is 1.66. The van der Waals surface area contributed by atoms with E-state index >= 15 is 0 Å². The molecular formula is C30H33N3O6. The van der Waals surface area contributed by atoms with Gasteiger partial charge in [-0.05, 0) is 36.8 Å². The van der Waals surface area contributed by atoms with Crippen LogP contribution in [0.15, 0.2) is 66.8 Å². The molecule has 0 aromatic heterocycles. The number of morpholine rings is 1. The van der Waals surface area contributed by atoms with Crippen molar-refractivity contribution in [3.05, 3.63) is 77.9 Å². The first kappa shape index (κ1) is 26.6. The lowest BCUT2D eigenvalue weighted by atomic mass is 9.82. The Kier molecular flexibility index (Phi) is 7.54. The Morgan fingerprint density at radius 3 is 2.49 bits per heavy atom. The predicted molar refractivity (Wildman–Crippen MR) is 146 cm³/mol. The van der Waals surface area contributed by atoms with Crippen LogP contribution in [-0.2, 0) is 24.7 Å². The summed E-state index contributed by atoms with van der Waals surface area (Å²) in [5, 5.41) is 11.6. The van der Waals surface area contributed by atoms with Crippen molar-refractivity contribution in [1.29, 1.82) is 0 Å². The Hall–Kier alpha value is -3.95. The van der Waals surface area contributed by atoms with Gasteiger partial charge in [0.15, 0.2) is 5.54 Å². The van der Waals surface area contributed by atoms with E-state index in [1.54, 1.807) is 54.6 Å². The second-order valence-corrected chi connectivity index (χ2v) is 9.77. The van der Waals surface area contributed by atoms with E-state index in [0.29, 0.717) is 62.0 Å². The SMILES string of the molecule is C=CCN1C(=O)C2(/C(=C(/O)c3ccc(OCCC)cc3)C(=O)C(=O)N2CCN2CCOCC2)c2ccccc21. The van der Waals surface area contributed by atoms with Crippen molar-refractivity contribution in [2.75, 3.05) is 57.4 Å². The third-order valence-corrected chi connectivity index (χ3v) is 7.47. The van der Waals surface area contributed by atoms with Crippen molar-refractivity contribution < 1.29 is 29.0 Å². The Morgan fingerprint density at radius 1 is 1.08 bits per heavy atom. The van der Waals surface area contributed by atoms with Gasteiger partial charge in [-0.2, -0.15) is 0 Å². The number of ether oxygens (including phenoxy) is 2. The van der Waals surface area contributed by atoms with E-state index in [1.165, 1.54) is 9.80 Å². The maximum atomic E-state index is 14.4. The van der Waals surface area contributed by atoms with Gasteiger partial charge < -0.3 is 24.4 Å². The minimum atomic E-state index is -1.79. The van der Waals surface area contributed by atoms with E-state index in [0.717, 1.165) is 6.42 Å². The monoisotopic (exact) mass is 531 g/mol. The molecule has 2 saturated heterocycles. The molecular weight excluding hydrogens is 498 g/mol. The van der Waals surface area contributed by atoms with Crippen LogP contribution in [0.5, 0.6) is 5.75 Å². The summed E-state index contributed by atoms with van der Waals surface area (Å²) < 4.78 is 11.1. The molecule has 0 bridgehead atoms. The van der Waals surface area contributed by atoms with Crippen LogP contribution in [0.1, 0.15) is 24.5 Å². The first-order chi connectivity index (χ1) is 18.9. The van der Waals surface area contributed by atoms with Crippen LogP contribution in [-0.4, -0.2) is 85.0 Å². The van der Waals surface area contributed by atoms with E-state index in [1.807, 2.05) is 6.92 Å². The summed E-state index contributed by atoms with van der Waals surface area (Å²) in [6.45, 7) is 9.66. The second kappa shape index (κ2) is 11.0. The smallest absolute Gasteiger partial charge is 0.296 e. The molecule has 9 nitrogen and oxygen atoms in total. The van der Waals surface area contributed by atoms with Gasteiger partial charge in [0.05, 0.1) is 31.1 Å². The average molecular weight is 532 g/mol. The summed E-state index contributed by atoms with van der Waals surface area (Å²) in [4.78, 5) is 46.8. The maximum Gasteiger partial charge on any atom is 0.296 e. The van der Waals surface area contributed by atoms with Crippen molar-refractivity contribution in [3.8, 4) is 5.75 Å². The quantitative estimate of drug-likeness (QED) is 0.230. The minimum Gasteiger partial charge on any atom is -0.507 e. The number of aliphatic hydroxyl groups is 1. The molecule has 3 heterocycles. The Bertz CT molecular complexity index is 1310. The van der Waals surface area contributed by atoms with Gasteiger partial charge in [-0.25, -0.2) is 0 Å². The summed E-state index contributed by atoms with van der Waals surface area (Å²) in [7, 11) is 0. The molecule has 2 aromatic carbocycles. The minimum absolute atomic E-state index is 0.132. The zero-order valence-electron chi connectivity index (χ0n) is 22.1. The third-order valence-electron chi connectivity index (χ3n) is 7.47. The van der Waals surface area contributed by atoms with Crippen molar-refractivity contribution >= 4 is 29.0 Å². The van der Waals surface area contributed by atoms with Crippen molar-refractivity contribution in [2.45, 2.75) is 18.9 Å². The molecule has 9 heteroatoms. The number of aliphatic hydroxyl groups excluding tert-OH is 1. The van der Waals surface area contributed by atoms with Gasteiger partial charge >= 0.3 is 0 Å². The highest BCUT2D eigenvalue weighted by molar-refractivity contribution is 6.50. The molecule has 0 saturated carbocycles. The maximum absolute atomic E-state index is 14.4. The molecule has 1 unspecified atom stereocenters. The van der Waals surface area contributed by atoms with E-state index in [2.05, 4.69) is 11.5 Å². The predicted octanol–water partition coefficient (Wildman–Crippen LogP) is 2.92. The van der Waals surface area contributed by atoms with Crippen LogP contribution in [0.25, 0.3) is 5.76 Å². The standard InChI is InChI=1S/C30H33N3O6/c1-3-13-32-24-8-6-5-7-23(24)30(29(32)37)25(26(34)21-9-11-22(12-10-21)39-18-4-2)27(35)28(36)33(30)15-14-31-16-19-38-20-17-31/h3,5-12,34H,1,4,13-20H2,2H3/b26-25+. The number of Topliss-reactive ketones (excluding diaryl/α,β-unsaturated/α-hetero) is 1. The van der Waals surface area contributed by atoms with Crippen molar-refractivity contribution in [3.63, 3.8) is 0 Å². The number of carbonyl (C=O) groups excluding carboxylic acids is 3. The van der Waals surface area contributed by atoms with Crippen LogP contribution in [0.3, 0.4) is 0 Å². The molecule has 204 valence electrons. The highest BCUT2D eigenvalue weighted by Crippen LogP contribution is 2.53. The lowest BCUT2D eigenvalue weighted by Gasteiger charge is -2.36.